The first kappa shape index (κ1) is 13.4. The Morgan fingerprint density at radius 1 is 1.40 bits per heavy atom. The number of nitrogens with one attached hydrogen (secondary N) is 1. The van der Waals surface area contributed by atoms with Crippen molar-refractivity contribution in [3.63, 3.8) is 0 Å². The molecule has 3 nitrogen and oxygen atoms in total. The monoisotopic (exact) mass is 288 g/mol. The lowest BCUT2D eigenvalue weighted by Crippen LogP contribution is -2.32. The molecule has 4 heteroatoms. The molecule has 2 aromatic rings. The molecular formula is C16H20N2OS. The van der Waals surface area contributed by atoms with Crippen LogP contribution >= 0.6 is 11.3 Å². The standard InChI is InChI=1S/C16H20N2OS/c1-9-3-5-11(7-9)18-16(19)15-14(17)12-8-10(2)4-6-13(12)20-15/h4,6,8-9,11H,3,5,7,17H2,1-2H3,(H,18,19). The van der Waals surface area contributed by atoms with Crippen molar-refractivity contribution in [2.45, 2.75) is 39.2 Å². The van der Waals surface area contributed by atoms with Crippen molar-refractivity contribution in [1.82, 2.24) is 5.32 Å². The van der Waals surface area contributed by atoms with Gasteiger partial charge in [-0.25, -0.2) is 0 Å². The first-order chi connectivity index (χ1) is 9.54. The summed E-state index contributed by atoms with van der Waals surface area (Å²) in [6.45, 7) is 4.28. The van der Waals surface area contributed by atoms with E-state index in [-0.39, 0.29) is 5.91 Å². The summed E-state index contributed by atoms with van der Waals surface area (Å²) in [7, 11) is 0. The number of hydrogen-bond donors (Lipinski definition) is 2. The summed E-state index contributed by atoms with van der Waals surface area (Å²) in [6.07, 6.45) is 3.36. The van der Waals surface area contributed by atoms with Crippen molar-refractivity contribution in [2.75, 3.05) is 5.73 Å². The van der Waals surface area contributed by atoms with Crippen LogP contribution in [0.1, 0.15) is 41.4 Å². The van der Waals surface area contributed by atoms with Crippen molar-refractivity contribution in [2.24, 2.45) is 5.92 Å². The highest BCUT2D eigenvalue weighted by Gasteiger charge is 2.25. The molecule has 0 radical (unpaired) electrons. The molecule has 1 aliphatic carbocycles. The predicted octanol–water partition coefficient (Wildman–Crippen LogP) is 3.71. The van der Waals surface area contributed by atoms with E-state index in [1.807, 2.05) is 13.0 Å². The molecule has 0 aliphatic heterocycles. The molecule has 106 valence electrons. The molecule has 1 saturated carbocycles. The Kier molecular flexibility index (Phi) is 3.42. The summed E-state index contributed by atoms with van der Waals surface area (Å²) < 4.78 is 1.08. The number of amides is 1. The van der Waals surface area contributed by atoms with Gasteiger partial charge >= 0.3 is 0 Å². The number of anilines is 1. The fraction of sp³-hybridized carbons (Fsp3) is 0.438. The van der Waals surface area contributed by atoms with E-state index in [1.165, 1.54) is 23.3 Å². The highest BCUT2D eigenvalue weighted by atomic mass is 32.1. The van der Waals surface area contributed by atoms with Gasteiger partial charge in [0, 0.05) is 16.1 Å². The fourth-order valence-electron chi connectivity index (χ4n) is 2.99. The second kappa shape index (κ2) is 5.09. The quantitative estimate of drug-likeness (QED) is 0.885. The zero-order valence-corrected chi connectivity index (χ0v) is 12.7. The van der Waals surface area contributed by atoms with Crippen molar-refractivity contribution in [3.05, 3.63) is 28.6 Å². The number of nitrogens with two attached hydrogens (primary N) is 1. The van der Waals surface area contributed by atoms with E-state index in [9.17, 15) is 4.79 Å². The Labute approximate surface area is 123 Å². The number of benzene rings is 1. The molecule has 3 N–H and O–H groups in total. The summed E-state index contributed by atoms with van der Waals surface area (Å²) in [4.78, 5) is 13.1. The summed E-state index contributed by atoms with van der Waals surface area (Å²) in [5.74, 6) is 0.697. The van der Waals surface area contributed by atoms with Crippen molar-refractivity contribution in [1.29, 1.82) is 0 Å². The molecule has 0 bridgehead atoms. The van der Waals surface area contributed by atoms with Crippen molar-refractivity contribution >= 4 is 33.0 Å². The van der Waals surface area contributed by atoms with Crippen molar-refractivity contribution in [3.8, 4) is 0 Å². The van der Waals surface area contributed by atoms with Gasteiger partial charge in [0.05, 0.1) is 5.69 Å². The average molecular weight is 288 g/mol. The number of aryl methyl sites for hydroxylation is 1. The topological polar surface area (TPSA) is 55.1 Å². The largest absolute Gasteiger partial charge is 0.397 e. The van der Waals surface area contributed by atoms with E-state index in [2.05, 4.69) is 24.4 Å². The summed E-state index contributed by atoms with van der Waals surface area (Å²) >= 11 is 1.49. The molecule has 3 rings (SSSR count). The van der Waals surface area contributed by atoms with Crippen LogP contribution in [0.2, 0.25) is 0 Å². The normalized spacial score (nSPS) is 22.3. The van der Waals surface area contributed by atoms with Gasteiger partial charge in [-0.2, -0.15) is 0 Å². The maximum absolute atomic E-state index is 12.4. The highest BCUT2D eigenvalue weighted by Crippen LogP contribution is 2.34. The molecule has 1 aromatic heterocycles. The van der Waals surface area contributed by atoms with Crippen LogP contribution in [-0.4, -0.2) is 11.9 Å². The van der Waals surface area contributed by atoms with Gasteiger partial charge in [-0.1, -0.05) is 18.6 Å². The van der Waals surface area contributed by atoms with Gasteiger partial charge in [-0.05, 0) is 44.2 Å². The minimum absolute atomic E-state index is 0.0135. The van der Waals surface area contributed by atoms with Gasteiger partial charge in [-0.15, -0.1) is 11.3 Å². The number of hydrogen-bond acceptors (Lipinski definition) is 3. The zero-order chi connectivity index (χ0) is 14.3. The molecule has 2 atom stereocenters. The smallest absolute Gasteiger partial charge is 0.263 e. The average Bonchev–Trinajstić information content (AvgIpc) is 2.94. The SMILES string of the molecule is Cc1ccc2sc(C(=O)NC3CCC(C)C3)c(N)c2c1. The molecule has 1 aliphatic rings. The van der Waals surface area contributed by atoms with E-state index in [0.29, 0.717) is 22.5 Å². The molecule has 20 heavy (non-hydrogen) atoms. The molecule has 0 spiro atoms. The van der Waals surface area contributed by atoms with Gasteiger partial charge < -0.3 is 11.1 Å². The van der Waals surface area contributed by atoms with Gasteiger partial charge in [0.15, 0.2) is 0 Å². The maximum atomic E-state index is 12.4. The summed E-state index contributed by atoms with van der Waals surface area (Å²) in [6, 6.07) is 6.46. The second-order valence-electron chi connectivity index (χ2n) is 5.93. The number of carbonyl (C=O) groups excluding carboxylic acids is 1. The van der Waals surface area contributed by atoms with Crippen LogP contribution < -0.4 is 11.1 Å². The first-order valence-electron chi connectivity index (χ1n) is 7.14. The third-order valence-electron chi connectivity index (χ3n) is 4.12. The summed E-state index contributed by atoms with van der Waals surface area (Å²) in [5, 5.41) is 4.13. The molecule has 1 heterocycles. The lowest BCUT2D eigenvalue weighted by Gasteiger charge is -2.11. The van der Waals surface area contributed by atoms with E-state index >= 15 is 0 Å². The molecule has 1 fully saturated rings. The number of thiophene rings is 1. The molecule has 1 aromatic carbocycles. The van der Waals surface area contributed by atoms with Gasteiger partial charge in [0.2, 0.25) is 0 Å². The third kappa shape index (κ3) is 2.40. The predicted molar refractivity (Wildman–Crippen MR) is 85.2 cm³/mol. The van der Waals surface area contributed by atoms with E-state index in [4.69, 9.17) is 5.73 Å². The Hall–Kier alpha value is -1.55. The Morgan fingerprint density at radius 3 is 2.90 bits per heavy atom. The Bertz CT molecular complexity index is 662. The van der Waals surface area contributed by atoms with Crippen LogP contribution in [0.25, 0.3) is 10.1 Å². The molecular weight excluding hydrogens is 268 g/mol. The number of fused-ring (bicyclic) bond motifs is 1. The zero-order valence-electron chi connectivity index (χ0n) is 11.9. The minimum atomic E-state index is -0.0135. The molecule has 2 unspecified atom stereocenters. The van der Waals surface area contributed by atoms with Crippen LogP contribution in [0.3, 0.4) is 0 Å². The second-order valence-corrected chi connectivity index (χ2v) is 6.99. The van der Waals surface area contributed by atoms with Crippen molar-refractivity contribution < 1.29 is 4.79 Å². The van der Waals surface area contributed by atoms with Gasteiger partial charge in [-0.3, -0.25) is 4.79 Å². The van der Waals surface area contributed by atoms with Crippen LogP contribution in [0, 0.1) is 12.8 Å². The van der Waals surface area contributed by atoms with Crippen LogP contribution in [-0.2, 0) is 0 Å². The minimum Gasteiger partial charge on any atom is -0.397 e. The maximum Gasteiger partial charge on any atom is 0.263 e. The van der Waals surface area contributed by atoms with Gasteiger partial charge in [0.25, 0.3) is 5.91 Å². The molecule has 0 saturated heterocycles. The third-order valence-corrected chi connectivity index (χ3v) is 5.30. The van der Waals surface area contributed by atoms with Gasteiger partial charge in [0.1, 0.15) is 4.88 Å². The highest BCUT2D eigenvalue weighted by molar-refractivity contribution is 7.21. The number of rotatable bonds is 2. The Balaban J connectivity index is 1.86. The number of nitrogen functional groups attached to an aromatic ring is 1. The van der Waals surface area contributed by atoms with Crippen LogP contribution in [0.15, 0.2) is 18.2 Å². The van der Waals surface area contributed by atoms with E-state index in [1.54, 1.807) is 0 Å². The van der Waals surface area contributed by atoms with Crippen LogP contribution in [0.4, 0.5) is 5.69 Å². The first-order valence-corrected chi connectivity index (χ1v) is 7.95. The fourth-order valence-corrected chi connectivity index (χ4v) is 3.99. The molecule has 1 amide bonds. The lowest BCUT2D eigenvalue weighted by molar-refractivity contribution is 0.0942. The van der Waals surface area contributed by atoms with E-state index in [0.717, 1.165) is 22.9 Å². The van der Waals surface area contributed by atoms with Crippen LogP contribution in [0.5, 0.6) is 0 Å². The number of carbonyl (C=O) groups is 1. The Morgan fingerprint density at radius 2 is 2.20 bits per heavy atom. The van der Waals surface area contributed by atoms with E-state index < -0.39 is 0 Å². The lowest BCUT2D eigenvalue weighted by atomic mass is 10.1. The summed E-state index contributed by atoms with van der Waals surface area (Å²) in [5.41, 5.74) is 7.95.